The summed E-state index contributed by atoms with van der Waals surface area (Å²) in [5.41, 5.74) is 5.50. The molecule has 2 heterocycles. The van der Waals surface area contributed by atoms with E-state index in [1.54, 1.807) is 73.3 Å². The van der Waals surface area contributed by atoms with E-state index in [2.05, 4.69) is 5.09 Å². The average Bonchev–Trinajstić information content (AvgIpc) is 3.22. The third kappa shape index (κ3) is 9.59. The van der Waals surface area contributed by atoms with Crippen molar-refractivity contribution >= 4 is 19.6 Å². The molecule has 0 radical (unpaired) electrons. The number of pyridine rings is 1. The first-order chi connectivity index (χ1) is 19.1. The fourth-order valence-corrected chi connectivity index (χ4v) is 5.44. The van der Waals surface area contributed by atoms with E-state index < -0.39 is 49.9 Å². The van der Waals surface area contributed by atoms with Gasteiger partial charge in [-0.25, -0.2) is 4.57 Å². The first-order valence-corrected chi connectivity index (χ1v) is 14.8. The molecular weight excluding hydrogens is 553 g/mol. The summed E-state index contributed by atoms with van der Waals surface area (Å²) in [6.07, 6.45) is 0.935. The molecule has 13 heteroatoms. The third-order valence-corrected chi connectivity index (χ3v) is 7.55. The monoisotopic (exact) mass is 594 g/mol. The Morgan fingerprint density at radius 2 is 1.83 bits per heavy atom. The van der Waals surface area contributed by atoms with Crippen molar-refractivity contribution in [3.05, 3.63) is 60.4 Å². The summed E-state index contributed by atoms with van der Waals surface area (Å²) in [6, 6.07) is 10.7. The number of para-hydroxylation sites is 1. The molecule has 1 fully saturated rings. The van der Waals surface area contributed by atoms with Crippen LogP contribution in [-0.2, 0) is 32.8 Å². The Morgan fingerprint density at radius 3 is 2.44 bits per heavy atom. The number of amides is 1. The summed E-state index contributed by atoms with van der Waals surface area (Å²) in [4.78, 5) is 24.4. The van der Waals surface area contributed by atoms with Gasteiger partial charge in [-0.1, -0.05) is 39.0 Å². The molecule has 0 saturated carbocycles. The summed E-state index contributed by atoms with van der Waals surface area (Å²) in [5.74, 6) is -1.95. The molecule has 1 aromatic carbocycles. The number of nitrogens with two attached hydrogens (primary N) is 1. The number of primary amides is 1. The largest absolute Gasteiger partial charge is 0.464 e. The minimum absolute atomic E-state index is 0.180. The molecule has 0 spiro atoms. The predicted octanol–water partition coefficient (Wildman–Crippen LogP) is 3.51. The number of esters is 1. The number of hydrogen-bond donors (Lipinski definition) is 2. The summed E-state index contributed by atoms with van der Waals surface area (Å²) < 4.78 is 50.6. The molecule has 0 aliphatic carbocycles. The fourth-order valence-electron chi connectivity index (χ4n) is 3.94. The number of benzene rings is 1. The van der Waals surface area contributed by atoms with E-state index >= 15 is 0 Å². The van der Waals surface area contributed by atoms with Gasteiger partial charge in [-0.3, -0.25) is 18.8 Å². The van der Waals surface area contributed by atoms with Crippen molar-refractivity contribution in [2.45, 2.75) is 71.8 Å². The van der Waals surface area contributed by atoms with Gasteiger partial charge in [-0.2, -0.15) is 9.65 Å². The summed E-state index contributed by atoms with van der Waals surface area (Å²) >= 11 is 0. The average molecular weight is 595 g/mol. The van der Waals surface area contributed by atoms with Gasteiger partial charge in [-0.15, -0.1) is 0 Å². The Hall–Kier alpha value is -2.86. The van der Waals surface area contributed by atoms with Crippen LogP contribution in [0.25, 0.3) is 0 Å². The highest BCUT2D eigenvalue weighted by molar-refractivity contribution is 7.52. The van der Waals surface area contributed by atoms with Gasteiger partial charge in [0, 0.05) is 13.2 Å². The van der Waals surface area contributed by atoms with E-state index in [1.807, 2.05) is 20.8 Å². The molecule has 1 saturated heterocycles. The van der Waals surface area contributed by atoms with E-state index in [9.17, 15) is 14.2 Å². The lowest BCUT2D eigenvalue weighted by atomic mass is 9.99. The molecule has 0 bridgehead atoms. The first-order valence-electron chi connectivity index (χ1n) is 13.2. The van der Waals surface area contributed by atoms with Crippen LogP contribution in [0.4, 0.5) is 0 Å². The van der Waals surface area contributed by atoms with Crippen LogP contribution in [-0.4, -0.2) is 56.2 Å². The van der Waals surface area contributed by atoms with Gasteiger partial charge in [0.1, 0.15) is 23.5 Å². The first kappa shape index (κ1) is 32.7. The maximum absolute atomic E-state index is 14.0. The molecule has 1 aromatic heterocycles. The zero-order chi connectivity index (χ0) is 30.4. The van der Waals surface area contributed by atoms with Crippen LogP contribution >= 0.6 is 7.75 Å². The number of aromatic nitrogens is 1. The van der Waals surface area contributed by atoms with Gasteiger partial charge in [-0.05, 0) is 44.4 Å². The van der Waals surface area contributed by atoms with Gasteiger partial charge in [0.2, 0.25) is 0 Å². The predicted molar refractivity (Wildman–Crippen MR) is 149 cm³/mol. The number of nitrogens with zero attached hydrogens (tertiary/aromatic N) is 1. The molecule has 3 rings (SSSR count). The smallest absolute Gasteiger partial charge is 0.459 e. The quantitative estimate of drug-likeness (QED) is 0.200. The fraction of sp³-hybridized carbons (Fsp3) is 0.536. The lowest BCUT2D eigenvalue weighted by Crippen LogP contribution is -2.50. The van der Waals surface area contributed by atoms with Crippen molar-refractivity contribution in [2.24, 2.45) is 11.1 Å². The molecule has 3 N–H and O–H groups in total. The maximum atomic E-state index is 14.0. The Balaban J connectivity index is 1.82. The Labute approximate surface area is 241 Å². The molecule has 1 aliphatic rings. The van der Waals surface area contributed by atoms with Crippen LogP contribution in [0.15, 0.2) is 54.9 Å². The number of rotatable bonds is 13. The van der Waals surface area contributed by atoms with Gasteiger partial charge in [0.25, 0.3) is 12.1 Å². The van der Waals surface area contributed by atoms with Crippen molar-refractivity contribution in [3.8, 4) is 5.75 Å². The van der Waals surface area contributed by atoms with Crippen molar-refractivity contribution in [1.29, 1.82) is 0 Å². The highest BCUT2D eigenvalue weighted by atomic mass is 31.2. The van der Waals surface area contributed by atoms with Crippen LogP contribution < -0.4 is 19.9 Å². The molecular formula is C28H41N3O9P+. The highest BCUT2D eigenvalue weighted by Crippen LogP contribution is 2.46. The van der Waals surface area contributed by atoms with Crippen LogP contribution in [0.3, 0.4) is 0 Å². The number of nitrogens with one attached hydrogen (secondary N) is 1. The zero-order valence-electron chi connectivity index (χ0n) is 24.6. The highest BCUT2D eigenvalue weighted by Gasteiger charge is 2.51. The number of hydrogen-bond acceptors (Lipinski definition) is 9. The van der Waals surface area contributed by atoms with Crippen LogP contribution in [0.5, 0.6) is 5.75 Å². The maximum Gasteiger partial charge on any atom is 0.459 e. The number of methoxy groups -OCH3 is 1. The van der Waals surface area contributed by atoms with Crippen LogP contribution in [0.2, 0.25) is 0 Å². The Kier molecular flexibility index (Phi) is 10.7. The van der Waals surface area contributed by atoms with Gasteiger partial charge < -0.3 is 24.5 Å². The van der Waals surface area contributed by atoms with Crippen molar-refractivity contribution in [2.75, 3.05) is 20.3 Å². The topological polar surface area (TPSA) is 149 Å². The van der Waals surface area contributed by atoms with E-state index in [-0.39, 0.29) is 29.9 Å². The summed E-state index contributed by atoms with van der Waals surface area (Å²) in [6.45, 7) is 10.7. The van der Waals surface area contributed by atoms with Crippen LogP contribution in [0.1, 0.15) is 58.1 Å². The van der Waals surface area contributed by atoms with Gasteiger partial charge in [0.05, 0.1) is 13.2 Å². The molecule has 5 atom stereocenters. The second kappa shape index (κ2) is 13.4. The lowest BCUT2D eigenvalue weighted by molar-refractivity contribution is -0.763. The lowest BCUT2D eigenvalue weighted by Gasteiger charge is -2.27. The van der Waals surface area contributed by atoms with Gasteiger partial charge >= 0.3 is 13.7 Å². The molecule has 2 aromatic rings. The Bertz CT molecular complexity index is 1240. The summed E-state index contributed by atoms with van der Waals surface area (Å²) in [7, 11) is -2.71. The van der Waals surface area contributed by atoms with Crippen molar-refractivity contribution < 1.29 is 46.7 Å². The number of carbonyl (C=O) groups excluding carboxylic acids is 2. The SMILES string of the molecule is COC(COP(=O)(NC(C)C(=O)OCC(C)(C)C)Oc1ccccc1)[C@H]1OC(C)(C)O[C@H]1[n+]1cccc(C(N)=O)c1. The van der Waals surface area contributed by atoms with Crippen molar-refractivity contribution in [1.82, 2.24) is 5.09 Å². The molecule has 1 aliphatic heterocycles. The van der Waals surface area contributed by atoms with Crippen molar-refractivity contribution in [3.63, 3.8) is 0 Å². The van der Waals surface area contributed by atoms with Gasteiger partial charge in [0.15, 0.2) is 24.3 Å². The van der Waals surface area contributed by atoms with Crippen LogP contribution in [0, 0.1) is 5.41 Å². The minimum Gasteiger partial charge on any atom is -0.464 e. The second-order valence-electron chi connectivity index (χ2n) is 11.4. The molecule has 3 unspecified atom stereocenters. The number of ether oxygens (including phenoxy) is 4. The molecule has 41 heavy (non-hydrogen) atoms. The molecule has 12 nitrogen and oxygen atoms in total. The standard InChI is InChI=1S/C28H40N3O9P/c1-19(26(33)36-18-27(2,3)4)30-41(34,40-21-13-9-8-10-14-21)37-17-22(35-7)23-25(39-28(5,6)38-23)31-15-11-12-20(16-31)24(29)32/h8-16,19,22-23,25H,17-18H2,1-7H3,(H2-,29,30,32,34)/p+1/t19?,22?,23-,25-,41?/m1/s1. The molecule has 226 valence electrons. The normalized spacial score (nSPS) is 21.4. The van der Waals surface area contributed by atoms with E-state index in [1.165, 1.54) is 14.0 Å². The molecule has 1 amide bonds. The Morgan fingerprint density at radius 1 is 1.15 bits per heavy atom. The second-order valence-corrected chi connectivity index (χ2v) is 13.1. The third-order valence-electron chi connectivity index (χ3n) is 5.91. The number of carbonyl (C=O) groups is 2. The zero-order valence-corrected chi connectivity index (χ0v) is 25.5. The van der Waals surface area contributed by atoms with E-state index in [4.69, 9.17) is 33.7 Å². The minimum atomic E-state index is -4.16. The van der Waals surface area contributed by atoms with E-state index in [0.717, 1.165) is 0 Å². The summed E-state index contributed by atoms with van der Waals surface area (Å²) in [5, 5.41) is 2.68. The van der Waals surface area contributed by atoms with E-state index in [0.29, 0.717) is 0 Å².